The van der Waals surface area contributed by atoms with Crippen molar-refractivity contribution in [1.29, 1.82) is 0 Å². The van der Waals surface area contributed by atoms with E-state index < -0.39 is 10.0 Å². The molecule has 0 aliphatic carbocycles. The molecule has 0 radical (unpaired) electrons. The lowest BCUT2D eigenvalue weighted by atomic mass is 10.2. The van der Waals surface area contributed by atoms with E-state index in [1.165, 1.54) is 18.4 Å². The molecule has 0 aliphatic heterocycles. The van der Waals surface area contributed by atoms with Gasteiger partial charge in [0.05, 0.1) is 11.4 Å². The molecule has 0 fully saturated rings. The summed E-state index contributed by atoms with van der Waals surface area (Å²) in [6.45, 7) is 7.97. The molecule has 0 heterocycles. The average molecular weight is 494 g/mol. The predicted molar refractivity (Wildman–Crippen MR) is 120 cm³/mol. The summed E-state index contributed by atoms with van der Waals surface area (Å²) in [5.41, 5.74) is 0.965. The van der Waals surface area contributed by atoms with Crippen molar-refractivity contribution in [2.24, 2.45) is 4.99 Å². The molecule has 0 atom stereocenters. The molecule has 1 aromatic carbocycles. The van der Waals surface area contributed by atoms with Crippen LogP contribution in [-0.2, 0) is 16.6 Å². The molecule has 0 saturated carbocycles. The SMILES string of the molecule is C=CCCCN(C)C(=NCc1ccc(S(=O)(=O)N(C)C)cc1)NCC.I. The minimum atomic E-state index is -3.39. The number of halogens is 1. The number of unbranched alkanes of at least 4 members (excludes halogenated alkanes) is 1. The highest BCUT2D eigenvalue weighted by Gasteiger charge is 2.16. The molecule has 1 N–H and O–H groups in total. The zero-order valence-electron chi connectivity index (χ0n) is 16.1. The molecular weight excluding hydrogens is 463 g/mol. The molecule has 0 aliphatic rings. The molecule has 26 heavy (non-hydrogen) atoms. The van der Waals surface area contributed by atoms with Crippen molar-refractivity contribution in [2.75, 3.05) is 34.2 Å². The smallest absolute Gasteiger partial charge is 0.242 e. The first-order chi connectivity index (χ1) is 11.8. The number of aliphatic imine (C=N–C) groups is 1. The topological polar surface area (TPSA) is 65.0 Å². The van der Waals surface area contributed by atoms with Crippen LogP contribution in [0.1, 0.15) is 25.3 Å². The zero-order chi connectivity index (χ0) is 18.9. The summed E-state index contributed by atoms with van der Waals surface area (Å²) in [6, 6.07) is 6.87. The van der Waals surface area contributed by atoms with E-state index in [1.807, 2.05) is 20.0 Å². The third-order valence-corrected chi connectivity index (χ3v) is 5.54. The minimum absolute atomic E-state index is 0. The van der Waals surface area contributed by atoms with Gasteiger partial charge in [-0.2, -0.15) is 0 Å². The Kier molecular flexibility index (Phi) is 11.8. The molecule has 0 aromatic heterocycles. The van der Waals surface area contributed by atoms with Gasteiger partial charge in [0.2, 0.25) is 10.0 Å². The van der Waals surface area contributed by atoms with E-state index in [0.29, 0.717) is 11.4 Å². The number of benzene rings is 1. The second-order valence-electron chi connectivity index (χ2n) is 5.95. The van der Waals surface area contributed by atoms with Gasteiger partial charge in [0.25, 0.3) is 0 Å². The van der Waals surface area contributed by atoms with E-state index in [4.69, 9.17) is 0 Å². The number of hydrogen-bond donors (Lipinski definition) is 1. The van der Waals surface area contributed by atoms with E-state index in [-0.39, 0.29) is 24.0 Å². The lowest BCUT2D eigenvalue weighted by Gasteiger charge is -2.21. The predicted octanol–water partition coefficient (Wildman–Crippen LogP) is 2.92. The van der Waals surface area contributed by atoms with Gasteiger partial charge in [0, 0.05) is 34.2 Å². The van der Waals surface area contributed by atoms with Crippen LogP contribution in [0, 0.1) is 0 Å². The standard InChI is InChI=1S/C18H30N4O2S.HI/c1-6-8-9-14-22(5)18(19-7-2)20-15-16-10-12-17(13-11-16)25(23,24)21(3)4;/h6,10-13H,1,7-9,14-15H2,2-5H3,(H,19,20);1H. The van der Waals surface area contributed by atoms with Gasteiger partial charge in [-0.1, -0.05) is 18.2 Å². The Morgan fingerprint density at radius 3 is 2.35 bits per heavy atom. The number of allylic oxidation sites excluding steroid dienone is 1. The summed E-state index contributed by atoms with van der Waals surface area (Å²) in [6.07, 6.45) is 3.92. The van der Waals surface area contributed by atoms with Gasteiger partial charge in [0.1, 0.15) is 0 Å². The highest BCUT2D eigenvalue weighted by Crippen LogP contribution is 2.14. The Morgan fingerprint density at radius 2 is 1.85 bits per heavy atom. The summed E-state index contributed by atoms with van der Waals surface area (Å²) in [5.74, 6) is 0.844. The van der Waals surface area contributed by atoms with Crippen LogP contribution < -0.4 is 5.32 Å². The monoisotopic (exact) mass is 494 g/mol. The van der Waals surface area contributed by atoms with Gasteiger partial charge in [-0.3, -0.25) is 0 Å². The first kappa shape index (κ1) is 24.9. The molecule has 0 saturated heterocycles. The number of hydrogen-bond acceptors (Lipinski definition) is 3. The van der Waals surface area contributed by atoms with Crippen LogP contribution >= 0.6 is 24.0 Å². The van der Waals surface area contributed by atoms with Crippen LogP contribution in [0.4, 0.5) is 0 Å². The lowest BCUT2D eigenvalue weighted by molar-refractivity contribution is 0.470. The summed E-state index contributed by atoms with van der Waals surface area (Å²) in [7, 11) is 1.67. The normalized spacial score (nSPS) is 11.8. The van der Waals surface area contributed by atoms with Crippen molar-refractivity contribution in [2.45, 2.75) is 31.2 Å². The fourth-order valence-electron chi connectivity index (χ4n) is 2.19. The molecule has 0 amide bonds. The molecule has 0 spiro atoms. The van der Waals surface area contributed by atoms with E-state index in [1.54, 1.807) is 24.3 Å². The Balaban J connectivity index is 0.00000625. The van der Waals surface area contributed by atoms with Gasteiger partial charge in [0.15, 0.2) is 5.96 Å². The van der Waals surface area contributed by atoms with Gasteiger partial charge >= 0.3 is 0 Å². The van der Waals surface area contributed by atoms with Crippen molar-refractivity contribution < 1.29 is 8.42 Å². The molecule has 0 bridgehead atoms. The molecular formula is C18H31IN4O2S. The van der Waals surface area contributed by atoms with E-state index in [0.717, 1.165) is 37.5 Å². The van der Waals surface area contributed by atoms with E-state index >= 15 is 0 Å². The average Bonchev–Trinajstić information content (AvgIpc) is 2.59. The molecule has 1 aromatic rings. The van der Waals surface area contributed by atoms with Gasteiger partial charge < -0.3 is 10.2 Å². The van der Waals surface area contributed by atoms with Crippen molar-refractivity contribution >= 4 is 40.0 Å². The highest BCUT2D eigenvalue weighted by molar-refractivity contribution is 14.0. The lowest BCUT2D eigenvalue weighted by Crippen LogP contribution is -2.39. The molecule has 6 nitrogen and oxygen atoms in total. The van der Waals surface area contributed by atoms with E-state index in [9.17, 15) is 8.42 Å². The summed E-state index contributed by atoms with van der Waals surface area (Å²) in [4.78, 5) is 7.02. The van der Waals surface area contributed by atoms with Crippen molar-refractivity contribution in [1.82, 2.24) is 14.5 Å². The van der Waals surface area contributed by atoms with Crippen LogP contribution in [-0.4, -0.2) is 57.8 Å². The Labute approximate surface area is 175 Å². The maximum Gasteiger partial charge on any atom is 0.242 e. The third kappa shape index (κ3) is 7.63. The maximum atomic E-state index is 12.1. The van der Waals surface area contributed by atoms with Crippen molar-refractivity contribution in [3.8, 4) is 0 Å². The fourth-order valence-corrected chi connectivity index (χ4v) is 3.09. The van der Waals surface area contributed by atoms with E-state index in [2.05, 4.69) is 21.8 Å². The van der Waals surface area contributed by atoms with Crippen LogP contribution in [0.5, 0.6) is 0 Å². The first-order valence-electron chi connectivity index (χ1n) is 8.44. The van der Waals surface area contributed by atoms with Crippen molar-refractivity contribution in [3.63, 3.8) is 0 Å². The Morgan fingerprint density at radius 1 is 1.23 bits per heavy atom. The largest absolute Gasteiger partial charge is 0.357 e. The molecule has 1 rings (SSSR count). The number of sulfonamides is 1. The van der Waals surface area contributed by atoms with Gasteiger partial charge in [-0.05, 0) is 37.5 Å². The van der Waals surface area contributed by atoms with Gasteiger partial charge in [-0.25, -0.2) is 17.7 Å². The number of nitrogens with one attached hydrogen (secondary N) is 1. The first-order valence-corrected chi connectivity index (χ1v) is 9.88. The van der Waals surface area contributed by atoms with Crippen LogP contribution in [0.2, 0.25) is 0 Å². The Bertz CT molecular complexity index is 673. The second kappa shape index (κ2) is 12.3. The summed E-state index contributed by atoms with van der Waals surface area (Å²) >= 11 is 0. The van der Waals surface area contributed by atoms with Crippen LogP contribution in [0.15, 0.2) is 46.8 Å². The van der Waals surface area contributed by atoms with Crippen LogP contribution in [0.3, 0.4) is 0 Å². The fraction of sp³-hybridized carbons (Fsp3) is 0.500. The molecule has 148 valence electrons. The number of nitrogens with zero attached hydrogens (tertiary/aromatic N) is 3. The summed E-state index contributed by atoms with van der Waals surface area (Å²) < 4.78 is 25.4. The zero-order valence-corrected chi connectivity index (χ0v) is 19.3. The molecule has 0 unspecified atom stereocenters. The highest BCUT2D eigenvalue weighted by atomic mass is 127. The van der Waals surface area contributed by atoms with Crippen LogP contribution in [0.25, 0.3) is 0 Å². The minimum Gasteiger partial charge on any atom is -0.357 e. The van der Waals surface area contributed by atoms with Crippen molar-refractivity contribution in [3.05, 3.63) is 42.5 Å². The maximum absolute atomic E-state index is 12.1. The molecule has 8 heteroatoms. The number of rotatable bonds is 9. The second-order valence-corrected chi connectivity index (χ2v) is 8.11. The number of guanidine groups is 1. The summed E-state index contributed by atoms with van der Waals surface area (Å²) in [5, 5.41) is 3.28. The van der Waals surface area contributed by atoms with Gasteiger partial charge in [-0.15, -0.1) is 30.6 Å². The quantitative estimate of drug-likeness (QED) is 0.189. The third-order valence-electron chi connectivity index (χ3n) is 3.71. The Hall–Kier alpha value is -1.13.